The number of amides is 1. The maximum absolute atomic E-state index is 13.0. The molecule has 0 aliphatic carbocycles. The number of benzene rings is 2. The van der Waals surface area contributed by atoms with Gasteiger partial charge in [-0.1, -0.05) is 36.4 Å². The third-order valence-electron chi connectivity index (χ3n) is 4.78. The monoisotopic (exact) mass is 396 g/mol. The highest BCUT2D eigenvalue weighted by Crippen LogP contribution is 2.22. The molecule has 0 radical (unpaired) electrons. The lowest BCUT2D eigenvalue weighted by molar-refractivity contribution is 0.102. The Labute approximate surface area is 171 Å². The molecule has 0 aliphatic heterocycles. The van der Waals surface area contributed by atoms with Crippen molar-refractivity contribution in [3.05, 3.63) is 84.4 Å². The Kier molecular flexibility index (Phi) is 4.25. The molecule has 5 rings (SSSR count). The van der Waals surface area contributed by atoms with Crippen LogP contribution in [0, 0.1) is 6.92 Å². The predicted molar refractivity (Wildman–Crippen MR) is 110 cm³/mol. The lowest BCUT2D eigenvalue weighted by atomic mass is 10.1. The Morgan fingerprint density at radius 3 is 2.73 bits per heavy atom. The Balaban J connectivity index is 1.49. The number of aryl methyl sites for hydroxylation is 1. The van der Waals surface area contributed by atoms with Gasteiger partial charge in [-0.15, -0.1) is 5.10 Å². The number of nitrogens with one attached hydrogen (secondary N) is 1. The van der Waals surface area contributed by atoms with Crippen LogP contribution in [-0.2, 0) is 0 Å². The maximum atomic E-state index is 13.0. The van der Waals surface area contributed by atoms with Crippen LogP contribution < -0.4 is 5.32 Å². The standard InChI is InChI=1S/C21H16N8O/c1-14-7-8-16(11-19(14)28-13-23-26-27-28)25-21(30)17-12-24-29-18(9-10-22-20(17)29)15-5-3-2-4-6-15/h2-13H,1H3,(H,25,30). The number of tetrazole rings is 1. The Bertz CT molecular complexity index is 1340. The lowest BCUT2D eigenvalue weighted by Crippen LogP contribution is -2.13. The minimum absolute atomic E-state index is 0.297. The van der Waals surface area contributed by atoms with Gasteiger partial charge in [-0.2, -0.15) is 5.10 Å². The van der Waals surface area contributed by atoms with E-state index in [4.69, 9.17) is 0 Å². The third kappa shape index (κ3) is 3.08. The van der Waals surface area contributed by atoms with Crippen molar-refractivity contribution < 1.29 is 4.79 Å². The van der Waals surface area contributed by atoms with Crippen LogP contribution in [0.4, 0.5) is 5.69 Å². The normalized spacial score (nSPS) is 11.0. The van der Waals surface area contributed by atoms with Crippen molar-refractivity contribution in [1.82, 2.24) is 34.8 Å². The van der Waals surface area contributed by atoms with Gasteiger partial charge in [0.25, 0.3) is 5.91 Å². The SMILES string of the molecule is Cc1ccc(NC(=O)c2cnn3c(-c4ccccc4)ccnc23)cc1-n1cnnn1. The van der Waals surface area contributed by atoms with Crippen LogP contribution >= 0.6 is 0 Å². The molecule has 0 saturated heterocycles. The summed E-state index contributed by atoms with van der Waals surface area (Å²) in [5, 5.41) is 18.5. The second-order valence-electron chi connectivity index (χ2n) is 6.70. The molecule has 30 heavy (non-hydrogen) atoms. The van der Waals surface area contributed by atoms with E-state index >= 15 is 0 Å². The van der Waals surface area contributed by atoms with E-state index in [1.165, 1.54) is 12.5 Å². The van der Waals surface area contributed by atoms with E-state index in [0.29, 0.717) is 16.9 Å². The minimum atomic E-state index is -0.297. The van der Waals surface area contributed by atoms with Crippen molar-refractivity contribution >= 4 is 17.2 Å². The summed E-state index contributed by atoms with van der Waals surface area (Å²) in [6.07, 6.45) is 4.71. The molecule has 9 nitrogen and oxygen atoms in total. The van der Waals surface area contributed by atoms with Crippen LogP contribution in [0.5, 0.6) is 0 Å². The van der Waals surface area contributed by atoms with Gasteiger partial charge in [0, 0.05) is 17.4 Å². The Morgan fingerprint density at radius 2 is 1.93 bits per heavy atom. The maximum Gasteiger partial charge on any atom is 0.261 e. The molecule has 0 bridgehead atoms. The fraction of sp³-hybridized carbons (Fsp3) is 0.0476. The van der Waals surface area contributed by atoms with E-state index in [0.717, 1.165) is 22.5 Å². The zero-order chi connectivity index (χ0) is 20.5. The number of hydrogen-bond donors (Lipinski definition) is 1. The van der Waals surface area contributed by atoms with Crippen molar-refractivity contribution in [3.63, 3.8) is 0 Å². The molecule has 3 aromatic heterocycles. The summed E-state index contributed by atoms with van der Waals surface area (Å²) in [5.41, 5.74) is 5.10. The van der Waals surface area contributed by atoms with E-state index in [-0.39, 0.29) is 5.91 Å². The van der Waals surface area contributed by atoms with Crippen LogP contribution in [0.3, 0.4) is 0 Å². The molecule has 0 spiro atoms. The quantitative estimate of drug-likeness (QED) is 0.501. The highest BCUT2D eigenvalue weighted by Gasteiger charge is 2.17. The molecule has 146 valence electrons. The fourth-order valence-electron chi connectivity index (χ4n) is 3.28. The molecular formula is C21H16N8O. The van der Waals surface area contributed by atoms with Gasteiger partial charge in [-0.3, -0.25) is 4.79 Å². The first-order valence-electron chi connectivity index (χ1n) is 9.24. The zero-order valence-electron chi connectivity index (χ0n) is 16.0. The molecule has 0 atom stereocenters. The Hall–Kier alpha value is -4.40. The van der Waals surface area contributed by atoms with Crippen LogP contribution in [0.2, 0.25) is 0 Å². The summed E-state index contributed by atoms with van der Waals surface area (Å²) in [5.74, 6) is -0.297. The van der Waals surface area contributed by atoms with Crippen molar-refractivity contribution in [2.75, 3.05) is 5.32 Å². The van der Waals surface area contributed by atoms with Gasteiger partial charge in [0.15, 0.2) is 5.65 Å². The van der Waals surface area contributed by atoms with Crippen molar-refractivity contribution in [2.45, 2.75) is 6.92 Å². The first-order chi connectivity index (χ1) is 14.7. The molecule has 3 heterocycles. The first-order valence-corrected chi connectivity index (χ1v) is 9.24. The number of fused-ring (bicyclic) bond motifs is 1. The number of anilines is 1. The van der Waals surface area contributed by atoms with Gasteiger partial charge in [-0.05, 0) is 41.1 Å². The van der Waals surface area contributed by atoms with E-state index in [9.17, 15) is 4.79 Å². The van der Waals surface area contributed by atoms with Gasteiger partial charge in [-0.25, -0.2) is 14.2 Å². The molecule has 1 amide bonds. The molecule has 0 fully saturated rings. The molecule has 2 aromatic carbocycles. The van der Waals surface area contributed by atoms with E-state index in [1.54, 1.807) is 15.4 Å². The molecule has 5 aromatic rings. The van der Waals surface area contributed by atoms with Gasteiger partial charge >= 0.3 is 0 Å². The summed E-state index contributed by atoms with van der Waals surface area (Å²) in [6, 6.07) is 17.3. The van der Waals surface area contributed by atoms with Crippen LogP contribution in [0.1, 0.15) is 15.9 Å². The first kappa shape index (κ1) is 17.7. The van der Waals surface area contributed by atoms with E-state index in [2.05, 4.69) is 30.9 Å². The van der Waals surface area contributed by atoms with Gasteiger partial charge in [0.1, 0.15) is 11.9 Å². The van der Waals surface area contributed by atoms with Crippen LogP contribution in [0.25, 0.3) is 22.6 Å². The summed E-state index contributed by atoms with van der Waals surface area (Å²) < 4.78 is 3.22. The van der Waals surface area contributed by atoms with E-state index < -0.39 is 0 Å². The highest BCUT2D eigenvalue weighted by atomic mass is 16.1. The number of aromatic nitrogens is 7. The van der Waals surface area contributed by atoms with Crippen LogP contribution in [-0.4, -0.2) is 40.7 Å². The number of rotatable bonds is 4. The van der Waals surface area contributed by atoms with Crippen molar-refractivity contribution in [1.29, 1.82) is 0 Å². The number of hydrogen-bond acceptors (Lipinski definition) is 6. The number of carbonyl (C=O) groups is 1. The average Bonchev–Trinajstić information content (AvgIpc) is 3.45. The summed E-state index contributed by atoms with van der Waals surface area (Å²) in [4.78, 5) is 17.3. The molecule has 0 aliphatic rings. The van der Waals surface area contributed by atoms with E-state index in [1.807, 2.05) is 61.5 Å². The predicted octanol–water partition coefficient (Wildman–Crippen LogP) is 2.93. The second kappa shape index (κ2) is 7.21. The fourth-order valence-corrected chi connectivity index (χ4v) is 3.28. The molecular weight excluding hydrogens is 380 g/mol. The van der Waals surface area contributed by atoms with Crippen molar-refractivity contribution in [3.8, 4) is 16.9 Å². The highest BCUT2D eigenvalue weighted by molar-refractivity contribution is 6.08. The Morgan fingerprint density at radius 1 is 1.07 bits per heavy atom. The molecule has 0 unspecified atom stereocenters. The average molecular weight is 396 g/mol. The lowest BCUT2D eigenvalue weighted by Gasteiger charge is -2.09. The largest absolute Gasteiger partial charge is 0.322 e. The molecule has 9 heteroatoms. The molecule has 1 N–H and O–H groups in total. The second-order valence-corrected chi connectivity index (χ2v) is 6.70. The third-order valence-corrected chi connectivity index (χ3v) is 4.78. The minimum Gasteiger partial charge on any atom is -0.322 e. The number of carbonyl (C=O) groups excluding carboxylic acids is 1. The molecule has 0 saturated carbocycles. The summed E-state index contributed by atoms with van der Waals surface area (Å²) >= 11 is 0. The topological polar surface area (TPSA) is 103 Å². The smallest absolute Gasteiger partial charge is 0.261 e. The summed E-state index contributed by atoms with van der Waals surface area (Å²) in [7, 11) is 0. The van der Waals surface area contributed by atoms with Crippen molar-refractivity contribution in [2.24, 2.45) is 0 Å². The van der Waals surface area contributed by atoms with Crippen LogP contribution in [0.15, 0.2) is 73.3 Å². The van der Waals surface area contributed by atoms with Gasteiger partial charge in [0.2, 0.25) is 0 Å². The van der Waals surface area contributed by atoms with Gasteiger partial charge < -0.3 is 5.32 Å². The zero-order valence-corrected chi connectivity index (χ0v) is 16.0. The van der Waals surface area contributed by atoms with Gasteiger partial charge in [0.05, 0.1) is 17.6 Å². The summed E-state index contributed by atoms with van der Waals surface area (Å²) in [6.45, 7) is 1.95. The number of nitrogens with zero attached hydrogens (tertiary/aromatic N) is 7.